The Hall–Kier alpha value is -2.73. The normalized spacial score (nSPS) is 13.6. The molecule has 24 heavy (non-hydrogen) atoms. The lowest BCUT2D eigenvalue weighted by Gasteiger charge is -2.20. The summed E-state index contributed by atoms with van der Waals surface area (Å²) < 4.78 is 1.76. The Labute approximate surface area is 140 Å². The van der Waals surface area contributed by atoms with E-state index in [4.69, 9.17) is 0 Å². The molecule has 1 amide bonds. The van der Waals surface area contributed by atoms with Crippen molar-refractivity contribution in [3.05, 3.63) is 65.6 Å². The van der Waals surface area contributed by atoms with Crippen LogP contribution in [-0.4, -0.2) is 37.8 Å². The highest BCUT2D eigenvalue weighted by Gasteiger charge is 2.18. The number of pyridine rings is 1. The van der Waals surface area contributed by atoms with Gasteiger partial charge >= 0.3 is 0 Å². The van der Waals surface area contributed by atoms with E-state index in [2.05, 4.69) is 15.5 Å². The molecule has 0 aliphatic heterocycles. The largest absolute Gasteiger partial charge is 0.391 e. The third-order valence-electron chi connectivity index (χ3n) is 4.06. The molecule has 2 unspecified atom stereocenters. The van der Waals surface area contributed by atoms with Crippen LogP contribution in [0.15, 0.2) is 48.7 Å². The number of carbonyl (C=O) groups is 1. The van der Waals surface area contributed by atoms with Crippen molar-refractivity contribution in [3.8, 4) is 0 Å². The summed E-state index contributed by atoms with van der Waals surface area (Å²) in [5.41, 5.74) is 2.23. The monoisotopic (exact) mass is 324 g/mol. The molecule has 0 bridgehead atoms. The van der Waals surface area contributed by atoms with Crippen LogP contribution in [0.25, 0.3) is 5.65 Å². The van der Waals surface area contributed by atoms with Gasteiger partial charge in [0, 0.05) is 12.6 Å². The molecule has 2 atom stereocenters. The first kappa shape index (κ1) is 16.1. The molecule has 0 radical (unpaired) electrons. The van der Waals surface area contributed by atoms with Crippen molar-refractivity contribution >= 4 is 11.6 Å². The highest BCUT2D eigenvalue weighted by molar-refractivity contribution is 5.94. The van der Waals surface area contributed by atoms with E-state index in [1.807, 2.05) is 37.3 Å². The average molecular weight is 324 g/mol. The summed E-state index contributed by atoms with van der Waals surface area (Å²) in [5.74, 6) is 0.487. The molecule has 124 valence electrons. The van der Waals surface area contributed by atoms with E-state index in [1.165, 1.54) is 0 Å². The number of hydrogen-bond acceptors (Lipinski definition) is 4. The van der Waals surface area contributed by atoms with Crippen LogP contribution in [0.3, 0.4) is 0 Å². The Balaban J connectivity index is 1.67. The van der Waals surface area contributed by atoms with E-state index >= 15 is 0 Å². The molecular weight excluding hydrogens is 304 g/mol. The lowest BCUT2D eigenvalue weighted by molar-refractivity contribution is 0.0851. The SMILES string of the molecule is Cc1nnc2ccc(C(=O)NC(C)C(O)Cc3ccccc3)cn12. The van der Waals surface area contributed by atoms with Gasteiger partial charge in [-0.05, 0) is 31.5 Å². The van der Waals surface area contributed by atoms with Gasteiger partial charge in [-0.3, -0.25) is 9.20 Å². The van der Waals surface area contributed by atoms with Crippen LogP contribution in [0.2, 0.25) is 0 Å². The molecule has 0 saturated heterocycles. The fourth-order valence-electron chi connectivity index (χ4n) is 2.56. The molecule has 0 aliphatic rings. The number of aromatic nitrogens is 3. The van der Waals surface area contributed by atoms with Gasteiger partial charge in [0.15, 0.2) is 5.65 Å². The van der Waals surface area contributed by atoms with Crippen molar-refractivity contribution in [2.75, 3.05) is 0 Å². The second-order valence-electron chi connectivity index (χ2n) is 5.91. The van der Waals surface area contributed by atoms with Crippen LogP contribution in [0.5, 0.6) is 0 Å². The summed E-state index contributed by atoms with van der Waals surface area (Å²) in [6, 6.07) is 12.8. The summed E-state index contributed by atoms with van der Waals surface area (Å²) in [6.07, 6.45) is 1.54. The lowest BCUT2D eigenvalue weighted by Crippen LogP contribution is -2.42. The second-order valence-corrected chi connectivity index (χ2v) is 5.91. The van der Waals surface area contributed by atoms with E-state index in [9.17, 15) is 9.90 Å². The number of amides is 1. The third-order valence-corrected chi connectivity index (χ3v) is 4.06. The molecule has 2 N–H and O–H groups in total. The Morgan fingerprint density at radius 2 is 1.96 bits per heavy atom. The Kier molecular flexibility index (Phi) is 4.57. The average Bonchev–Trinajstić information content (AvgIpc) is 2.96. The van der Waals surface area contributed by atoms with Crippen molar-refractivity contribution in [2.45, 2.75) is 32.4 Å². The number of nitrogens with one attached hydrogen (secondary N) is 1. The number of aliphatic hydroxyl groups is 1. The van der Waals surface area contributed by atoms with Crippen LogP contribution in [0.4, 0.5) is 0 Å². The highest BCUT2D eigenvalue weighted by atomic mass is 16.3. The van der Waals surface area contributed by atoms with Gasteiger partial charge in [0.05, 0.1) is 17.7 Å². The van der Waals surface area contributed by atoms with Crippen molar-refractivity contribution in [3.63, 3.8) is 0 Å². The Morgan fingerprint density at radius 3 is 2.71 bits per heavy atom. The minimum atomic E-state index is -0.656. The smallest absolute Gasteiger partial charge is 0.253 e. The lowest BCUT2D eigenvalue weighted by atomic mass is 10.0. The fourth-order valence-corrected chi connectivity index (χ4v) is 2.56. The summed E-state index contributed by atoms with van der Waals surface area (Å²) in [5, 5.41) is 21.1. The van der Waals surface area contributed by atoms with E-state index < -0.39 is 6.10 Å². The quantitative estimate of drug-likeness (QED) is 0.749. The summed E-state index contributed by atoms with van der Waals surface area (Å²) >= 11 is 0. The zero-order valence-corrected chi connectivity index (χ0v) is 13.7. The van der Waals surface area contributed by atoms with Gasteiger partial charge in [-0.2, -0.15) is 0 Å². The summed E-state index contributed by atoms with van der Waals surface area (Å²) in [7, 11) is 0. The number of benzene rings is 1. The van der Waals surface area contributed by atoms with Crippen LogP contribution in [0.1, 0.15) is 28.7 Å². The molecular formula is C18H20N4O2. The molecule has 6 heteroatoms. The van der Waals surface area contributed by atoms with Gasteiger partial charge in [0.25, 0.3) is 5.91 Å². The predicted molar refractivity (Wildman–Crippen MR) is 90.8 cm³/mol. The number of hydrogen-bond donors (Lipinski definition) is 2. The number of carbonyl (C=O) groups excluding carboxylic acids is 1. The van der Waals surface area contributed by atoms with Crippen molar-refractivity contribution in [2.24, 2.45) is 0 Å². The highest BCUT2D eigenvalue weighted by Crippen LogP contribution is 2.09. The number of aryl methyl sites for hydroxylation is 1. The number of rotatable bonds is 5. The van der Waals surface area contributed by atoms with Crippen molar-refractivity contribution in [1.29, 1.82) is 0 Å². The summed E-state index contributed by atoms with van der Waals surface area (Å²) in [4.78, 5) is 12.4. The van der Waals surface area contributed by atoms with Gasteiger partial charge in [0.2, 0.25) is 0 Å². The first-order valence-electron chi connectivity index (χ1n) is 7.89. The molecule has 3 aromatic rings. The van der Waals surface area contributed by atoms with E-state index in [-0.39, 0.29) is 11.9 Å². The van der Waals surface area contributed by atoms with Gasteiger partial charge in [-0.15, -0.1) is 10.2 Å². The predicted octanol–water partition coefficient (Wildman–Crippen LogP) is 1.76. The van der Waals surface area contributed by atoms with Crippen LogP contribution < -0.4 is 5.32 Å². The molecule has 3 rings (SSSR count). The number of fused-ring (bicyclic) bond motifs is 1. The van der Waals surface area contributed by atoms with Gasteiger partial charge in [-0.1, -0.05) is 30.3 Å². The molecule has 0 fully saturated rings. The standard InChI is InChI=1S/C18H20N4O2/c1-12(16(23)10-14-6-4-3-5-7-14)19-18(24)15-8-9-17-21-20-13(2)22(17)11-15/h3-9,11-12,16,23H,10H2,1-2H3,(H,19,24). The van der Waals surface area contributed by atoms with Gasteiger partial charge < -0.3 is 10.4 Å². The maximum absolute atomic E-state index is 12.4. The van der Waals surface area contributed by atoms with Gasteiger partial charge in [0.1, 0.15) is 5.82 Å². The number of aliphatic hydroxyl groups excluding tert-OH is 1. The maximum atomic E-state index is 12.4. The molecule has 6 nitrogen and oxygen atoms in total. The second kappa shape index (κ2) is 6.80. The minimum Gasteiger partial charge on any atom is -0.391 e. The van der Waals surface area contributed by atoms with E-state index in [1.54, 1.807) is 29.7 Å². The first-order chi connectivity index (χ1) is 11.5. The third kappa shape index (κ3) is 3.44. The molecule has 2 heterocycles. The Bertz CT molecular complexity index is 845. The maximum Gasteiger partial charge on any atom is 0.253 e. The molecule has 0 spiro atoms. The van der Waals surface area contributed by atoms with E-state index in [0.29, 0.717) is 17.6 Å². The molecule has 1 aromatic carbocycles. The summed E-state index contributed by atoms with van der Waals surface area (Å²) in [6.45, 7) is 3.63. The number of nitrogens with zero attached hydrogens (tertiary/aromatic N) is 3. The van der Waals surface area contributed by atoms with Crippen molar-refractivity contribution < 1.29 is 9.90 Å². The Morgan fingerprint density at radius 1 is 1.21 bits per heavy atom. The first-order valence-corrected chi connectivity index (χ1v) is 7.89. The molecule has 0 saturated carbocycles. The molecule has 2 aromatic heterocycles. The zero-order valence-electron chi connectivity index (χ0n) is 13.7. The molecule has 0 aliphatic carbocycles. The van der Waals surface area contributed by atoms with Crippen molar-refractivity contribution in [1.82, 2.24) is 19.9 Å². The van der Waals surface area contributed by atoms with Crippen LogP contribution in [0, 0.1) is 6.92 Å². The topological polar surface area (TPSA) is 79.5 Å². The van der Waals surface area contributed by atoms with Crippen LogP contribution in [-0.2, 0) is 6.42 Å². The fraction of sp³-hybridized carbons (Fsp3) is 0.278. The van der Waals surface area contributed by atoms with Crippen LogP contribution >= 0.6 is 0 Å². The van der Waals surface area contributed by atoms with Gasteiger partial charge in [-0.25, -0.2) is 0 Å². The zero-order chi connectivity index (χ0) is 17.1. The minimum absolute atomic E-state index is 0.232. The van der Waals surface area contributed by atoms with E-state index in [0.717, 1.165) is 11.4 Å².